The third-order valence-electron chi connectivity index (χ3n) is 3.23. The van der Waals surface area contributed by atoms with Gasteiger partial charge in [0.2, 0.25) is 0 Å². The van der Waals surface area contributed by atoms with E-state index in [4.69, 9.17) is 9.84 Å². The van der Waals surface area contributed by atoms with Gasteiger partial charge in [0.1, 0.15) is 5.75 Å². The predicted octanol–water partition coefficient (Wildman–Crippen LogP) is 3.70. The van der Waals surface area contributed by atoms with Crippen molar-refractivity contribution in [2.24, 2.45) is 0 Å². The fourth-order valence-electron chi connectivity index (χ4n) is 2.06. The molecular weight excluding hydrogens is 286 g/mol. The van der Waals surface area contributed by atoms with Crippen molar-refractivity contribution >= 4 is 17.7 Å². The van der Waals surface area contributed by atoms with Crippen LogP contribution in [0.3, 0.4) is 0 Å². The number of carbonyl (C=O) groups is 1. The lowest BCUT2D eigenvalue weighted by Gasteiger charge is -2.12. The highest BCUT2D eigenvalue weighted by atomic mass is 32.2. The van der Waals surface area contributed by atoms with Crippen LogP contribution < -0.4 is 4.74 Å². The molecule has 0 bridgehead atoms. The quantitative estimate of drug-likeness (QED) is 0.853. The summed E-state index contributed by atoms with van der Waals surface area (Å²) in [6.45, 7) is 3.97. The Balaban J connectivity index is 2.11. The number of carboxylic acid groups (broad SMARTS) is 1. The molecule has 1 aromatic heterocycles. The molecule has 1 aromatic carbocycles. The van der Waals surface area contributed by atoms with Gasteiger partial charge in [-0.05, 0) is 38.1 Å². The van der Waals surface area contributed by atoms with Crippen LogP contribution >= 0.6 is 11.8 Å². The van der Waals surface area contributed by atoms with Crippen LogP contribution in [0.15, 0.2) is 35.4 Å². The number of pyridine rings is 1. The summed E-state index contributed by atoms with van der Waals surface area (Å²) in [5, 5.41) is 8.87. The van der Waals surface area contributed by atoms with Gasteiger partial charge in [0.25, 0.3) is 0 Å². The van der Waals surface area contributed by atoms with Gasteiger partial charge in [0, 0.05) is 28.0 Å². The average Bonchev–Trinajstić information content (AvgIpc) is 2.47. The maximum atomic E-state index is 10.8. The molecule has 0 fully saturated rings. The Kier molecular flexibility index (Phi) is 4.85. The fraction of sp³-hybridized carbons (Fsp3) is 0.250. The maximum Gasteiger partial charge on any atom is 0.335 e. The van der Waals surface area contributed by atoms with Gasteiger partial charge in [-0.1, -0.05) is 0 Å². The minimum Gasteiger partial charge on any atom is -0.496 e. The summed E-state index contributed by atoms with van der Waals surface area (Å²) in [4.78, 5) is 16.3. The minimum atomic E-state index is -0.910. The van der Waals surface area contributed by atoms with Crippen molar-refractivity contribution < 1.29 is 14.6 Å². The van der Waals surface area contributed by atoms with Crippen LogP contribution in [0.5, 0.6) is 5.75 Å². The van der Waals surface area contributed by atoms with E-state index in [1.54, 1.807) is 31.0 Å². The van der Waals surface area contributed by atoms with Crippen LogP contribution in [0.1, 0.15) is 27.2 Å². The third kappa shape index (κ3) is 3.55. The number of hydrogen-bond acceptors (Lipinski definition) is 4. The number of hydrogen-bond donors (Lipinski definition) is 1. The molecule has 0 aliphatic heterocycles. The first-order valence-electron chi connectivity index (χ1n) is 6.48. The van der Waals surface area contributed by atoms with Crippen molar-refractivity contribution in [1.29, 1.82) is 0 Å². The number of rotatable bonds is 5. The first kappa shape index (κ1) is 15.4. The number of aromatic nitrogens is 1. The van der Waals surface area contributed by atoms with Crippen molar-refractivity contribution in [3.05, 3.63) is 52.8 Å². The van der Waals surface area contributed by atoms with Crippen LogP contribution in [0.2, 0.25) is 0 Å². The molecule has 110 valence electrons. The summed E-state index contributed by atoms with van der Waals surface area (Å²) in [7, 11) is 1.66. The monoisotopic (exact) mass is 303 g/mol. The van der Waals surface area contributed by atoms with Crippen LogP contribution in [-0.2, 0) is 5.75 Å². The van der Waals surface area contributed by atoms with E-state index < -0.39 is 5.97 Å². The number of benzene rings is 1. The molecule has 0 saturated carbocycles. The van der Waals surface area contributed by atoms with Crippen molar-refractivity contribution in [2.45, 2.75) is 24.5 Å². The van der Waals surface area contributed by atoms with Gasteiger partial charge in [-0.3, -0.25) is 4.98 Å². The van der Waals surface area contributed by atoms with Crippen LogP contribution in [-0.4, -0.2) is 23.2 Å². The predicted molar refractivity (Wildman–Crippen MR) is 83.2 cm³/mol. The summed E-state index contributed by atoms with van der Waals surface area (Å²) < 4.78 is 5.40. The Morgan fingerprint density at radius 2 is 1.95 bits per heavy atom. The lowest BCUT2D eigenvalue weighted by Crippen LogP contribution is -1.99. The van der Waals surface area contributed by atoms with Crippen molar-refractivity contribution in [3.8, 4) is 5.75 Å². The molecule has 1 heterocycles. The van der Waals surface area contributed by atoms with Crippen LogP contribution in [0.25, 0.3) is 0 Å². The summed E-state index contributed by atoms with van der Waals surface area (Å²) in [6, 6.07) is 6.85. The van der Waals surface area contributed by atoms with Crippen LogP contribution in [0, 0.1) is 13.8 Å². The normalized spacial score (nSPS) is 10.4. The van der Waals surface area contributed by atoms with Crippen molar-refractivity contribution in [3.63, 3.8) is 0 Å². The zero-order valence-electron chi connectivity index (χ0n) is 12.2. The van der Waals surface area contributed by atoms with E-state index in [0.717, 1.165) is 33.2 Å². The molecule has 0 aliphatic carbocycles. The summed E-state index contributed by atoms with van der Waals surface area (Å²) in [6.07, 6.45) is 1.81. The largest absolute Gasteiger partial charge is 0.496 e. The van der Waals surface area contributed by atoms with Crippen molar-refractivity contribution in [2.75, 3.05) is 7.11 Å². The summed E-state index contributed by atoms with van der Waals surface area (Å²) >= 11 is 1.62. The van der Waals surface area contributed by atoms with Gasteiger partial charge >= 0.3 is 5.97 Å². The molecule has 5 heteroatoms. The lowest BCUT2D eigenvalue weighted by atomic mass is 10.1. The highest BCUT2D eigenvalue weighted by Crippen LogP contribution is 2.29. The second-order valence-corrected chi connectivity index (χ2v) is 5.71. The molecular formula is C16H17NO3S. The topological polar surface area (TPSA) is 59.4 Å². The lowest BCUT2D eigenvalue weighted by molar-refractivity contribution is 0.0697. The highest BCUT2D eigenvalue weighted by molar-refractivity contribution is 7.98. The van der Waals surface area contributed by atoms with E-state index in [-0.39, 0.29) is 0 Å². The summed E-state index contributed by atoms with van der Waals surface area (Å²) in [5.74, 6) is 0.684. The molecule has 21 heavy (non-hydrogen) atoms. The Bertz CT molecular complexity index is 653. The molecule has 0 atom stereocenters. The van der Waals surface area contributed by atoms with E-state index in [1.807, 2.05) is 32.2 Å². The van der Waals surface area contributed by atoms with Gasteiger partial charge in [0.15, 0.2) is 0 Å². The van der Waals surface area contributed by atoms with E-state index >= 15 is 0 Å². The SMILES string of the molecule is COc1c(C)cnc(CSc2ccc(C(=O)O)cc2)c1C. The van der Waals surface area contributed by atoms with Gasteiger partial charge in [-0.2, -0.15) is 0 Å². The molecule has 0 amide bonds. The Labute approximate surface area is 128 Å². The molecule has 0 radical (unpaired) electrons. The summed E-state index contributed by atoms with van der Waals surface area (Å²) in [5.41, 5.74) is 3.34. The zero-order chi connectivity index (χ0) is 15.4. The van der Waals surface area contributed by atoms with Crippen molar-refractivity contribution in [1.82, 2.24) is 4.98 Å². The highest BCUT2D eigenvalue weighted by Gasteiger charge is 2.10. The zero-order valence-corrected chi connectivity index (χ0v) is 13.0. The maximum absolute atomic E-state index is 10.8. The smallest absolute Gasteiger partial charge is 0.335 e. The number of carboxylic acids is 1. The fourth-order valence-corrected chi connectivity index (χ4v) is 2.98. The average molecular weight is 303 g/mol. The first-order chi connectivity index (χ1) is 10.0. The standard InChI is InChI=1S/C16H17NO3S/c1-10-8-17-14(11(2)15(10)20-3)9-21-13-6-4-12(5-7-13)16(18)19/h4-8H,9H2,1-3H3,(H,18,19). The molecule has 2 aromatic rings. The van der Waals surface area contributed by atoms with Gasteiger partial charge in [0.05, 0.1) is 18.4 Å². The molecule has 2 rings (SSSR count). The molecule has 0 aliphatic rings. The number of aryl methyl sites for hydroxylation is 1. The molecule has 0 spiro atoms. The number of nitrogens with zero attached hydrogens (tertiary/aromatic N) is 1. The van der Waals surface area contributed by atoms with E-state index in [9.17, 15) is 4.79 Å². The number of aromatic carboxylic acids is 1. The van der Waals surface area contributed by atoms with Crippen LogP contribution in [0.4, 0.5) is 0 Å². The van der Waals surface area contributed by atoms with E-state index in [2.05, 4.69) is 4.98 Å². The van der Waals surface area contributed by atoms with Gasteiger partial charge < -0.3 is 9.84 Å². The molecule has 0 saturated heterocycles. The number of ether oxygens (including phenoxy) is 1. The third-order valence-corrected chi connectivity index (χ3v) is 4.25. The molecule has 1 N–H and O–H groups in total. The Morgan fingerprint density at radius 1 is 1.29 bits per heavy atom. The number of methoxy groups -OCH3 is 1. The minimum absolute atomic E-state index is 0.297. The second-order valence-electron chi connectivity index (χ2n) is 4.66. The first-order valence-corrected chi connectivity index (χ1v) is 7.46. The number of thioether (sulfide) groups is 1. The second kappa shape index (κ2) is 6.63. The Hall–Kier alpha value is -2.01. The van der Waals surface area contributed by atoms with Gasteiger partial charge in [-0.15, -0.1) is 11.8 Å². The van der Waals surface area contributed by atoms with E-state index in [1.165, 1.54) is 0 Å². The van der Waals surface area contributed by atoms with Gasteiger partial charge in [-0.25, -0.2) is 4.79 Å². The van der Waals surface area contributed by atoms with E-state index in [0.29, 0.717) is 5.56 Å². The molecule has 0 unspecified atom stereocenters. The Morgan fingerprint density at radius 3 is 2.52 bits per heavy atom. The molecule has 4 nitrogen and oxygen atoms in total.